The van der Waals surface area contributed by atoms with E-state index >= 15 is 0 Å². The minimum Gasteiger partial charge on any atom is -0.476 e. The molecule has 0 saturated heterocycles. The molecule has 1 atom stereocenters. The van der Waals surface area contributed by atoms with Gasteiger partial charge in [-0.25, -0.2) is 27.5 Å². The van der Waals surface area contributed by atoms with Crippen molar-refractivity contribution in [3.05, 3.63) is 64.7 Å². The van der Waals surface area contributed by atoms with Crippen LogP contribution in [0.25, 0.3) is 0 Å². The SMILES string of the molecule is CC(C)(C)OC(=O)Nc1ccc2c(c1)N(S(=O)(=O)c1ccc(F)cc1)CC(c1n[nH]c(=O)o1)O2. The molecule has 1 aliphatic rings. The summed E-state index contributed by atoms with van der Waals surface area (Å²) in [5.74, 6) is -1.44. The van der Waals surface area contributed by atoms with E-state index in [1.807, 2.05) is 0 Å². The van der Waals surface area contributed by atoms with Crippen molar-refractivity contribution in [3.8, 4) is 5.75 Å². The van der Waals surface area contributed by atoms with Gasteiger partial charge in [0.2, 0.25) is 0 Å². The van der Waals surface area contributed by atoms with E-state index in [0.29, 0.717) is 0 Å². The Labute approximate surface area is 193 Å². The van der Waals surface area contributed by atoms with Gasteiger partial charge in [0.05, 0.1) is 17.1 Å². The normalized spacial score (nSPS) is 15.9. The van der Waals surface area contributed by atoms with Gasteiger partial charge in [-0.05, 0) is 63.2 Å². The molecular weight excluding hydrogens is 471 g/mol. The summed E-state index contributed by atoms with van der Waals surface area (Å²) in [4.78, 5) is 23.4. The van der Waals surface area contributed by atoms with Gasteiger partial charge in [-0.3, -0.25) is 9.62 Å². The highest BCUT2D eigenvalue weighted by atomic mass is 32.2. The summed E-state index contributed by atoms with van der Waals surface area (Å²) in [5.41, 5.74) is -0.382. The third-order valence-corrected chi connectivity index (χ3v) is 6.40. The average molecular weight is 492 g/mol. The van der Waals surface area contributed by atoms with E-state index in [0.717, 1.165) is 28.6 Å². The molecule has 0 saturated carbocycles. The van der Waals surface area contributed by atoms with Crippen LogP contribution in [0.4, 0.5) is 20.6 Å². The Morgan fingerprint density at radius 1 is 1.24 bits per heavy atom. The molecule has 2 N–H and O–H groups in total. The second-order valence-corrected chi connectivity index (χ2v) is 10.2. The number of hydrogen-bond donors (Lipinski definition) is 2. The van der Waals surface area contributed by atoms with E-state index < -0.39 is 39.4 Å². The van der Waals surface area contributed by atoms with Crippen molar-refractivity contribution in [1.82, 2.24) is 10.2 Å². The molecule has 0 aliphatic carbocycles. The maximum Gasteiger partial charge on any atom is 0.434 e. The number of fused-ring (bicyclic) bond motifs is 1. The molecule has 0 spiro atoms. The number of nitrogens with zero attached hydrogens (tertiary/aromatic N) is 2. The zero-order valence-electron chi connectivity index (χ0n) is 18.4. The van der Waals surface area contributed by atoms with Gasteiger partial charge in [0.1, 0.15) is 17.2 Å². The van der Waals surface area contributed by atoms with Crippen LogP contribution in [0.2, 0.25) is 0 Å². The fourth-order valence-electron chi connectivity index (χ4n) is 3.22. The Morgan fingerprint density at radius 2 is 1.94 bits per heavy atom. The lowest BCUT2D eigenvalue weighted by molar-refractivity contribution is 0.0636. The number of carbonyl (C=O) groups excluding carboxylic acids is 1. The number of hydrogen-bond acceptors (Lipinski definition) is 8. The average Bonchev–Trinajstić information content (AvgIpc) is 3.18. The Kier molecular flexibility index (Phi) is 5.81. The standard InChI is InChI=1S/C21H21FN4O7S/c1-21(2,3)33-19(27)23-13-6-9-16-15(10-13)26(11-17(31-16)18-24-25-20(28)32-18)34(29,30)14-7-4-12(22)5-8-14/h4-10,17H,11H2,1-3H3,(H,23,27)(H,25,28). The number of carbonyl (C=O) groups is 1. The van der Waals surface area contributed by atoms with Crippen LogP contribution in [0.5, 0.6) is 5.75 Å². The molecule has 1 amide bonds. The summed E-state index contributed by atoms with van der Waals surface area (Å²) in [6, 6.07) is 8.66. The summed E-state index contributed by atoms with van der Waals surface area (Å²) in [7, 11) is -4.22. The summed E-state index contributed by atoms with van der Waals surface area (Å²) in [6.07, 6.45) is -1.78. The van der Waals surface area contributed by atoms with Gasteiger partial charge in [-0.15, -0.1) is 5.10 Å². The first-order valence-electron chi connectivity index (χ1n) is 10.1. The van der Waals surface area contributed by atoms with Crippen LogP contribution < -0.4 is 20.1 Å². The molecule has 4 rings (SSSR count). The second-order valence-electron chi connectivity index (χ2n) is 8.36. The monoisotopic (exact) mass is 492 g/mol. The number of amides is 1. The number of ether oxygens (including phenoxy) is 2. The summed E-state index contributed by atoms with van der Waals surface area (Å²) in [5, 5.41) is 8.39. The highest BCUT2D eigenvalue weighted by molar-refractivity contribution is 7.92. The van der Waals surface area contributed by atoms with Crippen LogP contribution in [0.3, 0.4) is 0 Å². The molecule has 0 bridgehead atoms. The van der Waals surface area contributed by atoms with Gasteiger partial charge in [-0.1, -0.05) is 0 Å². The van der Waals surface area contributed by atoms with E-state index in [9.17, 15) is 22.4 Å². The minimum atomic E-state index is -4.22. The van der Waals surface area contributed by atoms with Crippen molar-refractivity contribution in [3.63, 3.8) is 0 Å². The van der Waals surface area contributed by atoms with Gasteiger partial charge in [-0.2, -0.15) is 0 Å². The Morgan fingerprint density at radius 3 is 2.56 bits per heavy atom. The predicted molar refractivity (Wildman–Crippen MR) is 118 cm³/mol. The van der Waals surface area contributed by atoms with Crippen LogP contribution in [-0.4, -0.2) is 36.9 Å². The van der Waals surface area contributed by atoms with Gasteiger partial charge < -0.3 is 13.9 Å². The maximum absolute atomic E-state index is 13.5. The number of aromatic nitrogens is 2. The van der Waals surface area contributed by atoms with Gasteiger partial charge in [0.25, 0.3) is 15.9 Å². The smallest absolute Gasteiger partial charge is 0.434 e. The number of rotatable bonds is 4. The number of halogens is 1. The van der Waals surface area contributed by atoms with Crippen molar-refractivity contribution >= 4 is 27.5 Å². The molecule has 180 valence electrons. The zero-order chi connectivity index (χ0) is 24.7. The first-order valence-corrected chi connectivity index (χ1v) is 11.5. The molecule has 0 radical (unpaired) electrons. The van der Waals surface area contributed by atoms with Crippen LogP contribution in [0.15, 0.2) is 56.6 Å². The molecule has 2 aromatic carbocycles. The van der Waals surface area contributed by atoms with Gasteiger partial charge >= 0.3 is 11.8 Å². The largest absolute Gasteiger partial charge is 0.476 e. The molecule has 3 aromatic rings. The lowest BCUT2D eigenvalue weighted by Crippen LogP contribution is -2.40. The minimum absolute atomic E-state index is 0.104. The predicted octanol–water partition coefficient (Wildman–Crippen LogP) is 3.18. The Hall–Kier alpha value is -3.87. The van der Waals surface area contributed by atoms with Crippen LogP contribution in [-0.2, 0) is 14.8 Å². The molecular formula is C21H21FN4O7S. The molecule has 13 heteroatoms. The van der Waals surface area contributed by atoms with E-state index in [1.54, 1.807) is 20.8 Å². The highest BCUT2D eigenvalue weighted by Gasteiger charge is 2.37. The number of benzene rings is 2. The Balaban J connectivity index is 1.75. The van der Waals surface area contributed by atoms with E-state index in [4.69, 9.17) is 13.9 Å². The molecule has 2 heterocycles. The van der Waals surface area contributed by atoms with E-state index in [2.05, 4.69) is 15.5 Å². The molecule has 1 aliphatic heterocycles. The van der Waals surface area contributed by atoms with Crippen molar-refractivity contribution in [2.75, 3.05) is 16.2 Å². The van der Waals surface area contributed by atoms with Crippen molar-refractivity contribution in [1.29, 1.82) is 0 Å². The lowest BCUT2D eigenvalue weighted by Gasteiger charge is -2.34. The third-order valence-electron chi connectivity index (χ3n) is 4.61. The lowest BCUT2D eigenvalue weighted by atomic mass is 10.2. The molecule has 1 aromatic heterocycles. The summed E-state index contributed by atoms with van der Waals surface area (Å²) in [6.45, 7) is 4.81. The van der Waals surface area contributed by atoms with E-state index in [-0.39, 0.29) is 34.5 Å². The van der Waals surface area contributed by atoms with Crippen molar-refractivity contribution < 1.29 is 31.5 Å². The number of aromatic amines is 1. The topological polar surface area (TPSA) is 144 Å². The first-order chi connectivity index (χ1) is 15.9. The molecule has 0 fully saturated rings. The number of sulfonamides is 1. The van der Waals surface area contributed by atoms with E-state index in [1.165, 1.54) is 18.2 Å². The summed E-state index contributed by atoms with van der Waals surface area (Å²) < 4.78 is 57.4. The van der Waals surface area contributed by atoms with Crippen LogP contribution in [0, 0.1) is 5.82 Å². The second kappa shape index (κ2) is 8.48. The summed E-state index contributed by atoms with van der Waals surface area (Å²) >= 11 is 0. The number of H-pyrrole nitrogens is 1. The van der Waals surface area contributed by atoms with Crippen molar-refractivity contribution in [2.45, 2.75) is 37.4 Å². The molecule has 1 unspecified atom stereocenters. The Bertz CT molecular complexity index is 1380. The molecule has 34 heavy (non-hydrogen) atoms. The van der Waals surface area contributed by atoms with Gasteiger partial charge in [0, 0.05) is 5.69 Å². The fourth-order valence-corrected chi connectivity index (χ4v) is 4.69. The number of nitrogens with one attached hydrogen (secondary N) is 2. The zero-order valence-corrected chi connectivity index (χ0v) is 19.2. The fraction of sp³-hybridized carbons (Fsp3) is 0.286. The highest BCUT2D eigenvalue weighted by Crippen LogP contribution is 2.42. The van der Waals surface area contributed by atoms with Crippen LogP contribution in [0.1, 0.15) is 32.8 Å². The van der Waals surface area contributed by atoms with Crippen molar-refractivity contribution in [2.24, 2.45) is 0 Å². The molecule has 11 nitrogen and oxygen atoms in total. The third kappa shape index (κ3) is 4.88. The quantitative estimate of drug-likeness (QED) is 0.565. The number of anilines is 2. The van der Waals surface area contributed by atoms with Crippen LogP contribution >= 0.6 is 0 Å². The maximum atomic E-state index is 13.5. The first kappa shape index (κ1) is 23.3. The van der Waals surface area contributed by atoms with Gasteiger partial charge in [0.15, 0.2) is 6.10 Å².